The first-order valence-corrected chi connectivity index (χ1v) is 6.07. The Kier molecular flexibility index (Phi) is 2.67. The van der Waals surface area contributed by atoms with E-state index >= 15 is 0 Å². The average molecular weight is 243 g/mol. The van der Waals surface area contributed by atoms with Gasteiger partial charge in [-0.15, -0.1) is 0 Å². The predicted molar refractivity (Wildman–Crippen MR) is 69.5 cm³/mol. The van der Waals surface area contributed by atoms with E-state index in [-0.39, 0.29) is 17.5 Å². The molecule has 2 nitrogen and oxygen atoms in total. The van der Waals surface area contributed by atoms with E-state index in [0.717, 1.165) is 24.2 Å². The number of para-hydroxylation sites is 1. The van der Waals surface area contributed by atoms with Crippen LogP contribution in [0.4, 0.5) is 10.1 Å². The van der Waals surface area contributed by atoms with Crippen molar-refractivity contribution >= 4 is 5.69 Å². The maximum atomic E-state index is 13.9. The Morgan fingerprint density at radius 2 is 1.83 bits per heavy atom. The highest BCUT2D eigenvalue weighted by Crippen LogP contribution is 2.41. The number of halogens is 1. The van der Waals surface area contributed by atoms with Gasteiger partial charge in [-0.3, -0.25) is 0 Å². The van der Waals surface area contributed by atoms with Crippen LogP contribution in [0.2, 0.25) is 0 Å². The molecule has 0 aliphatic carbocycles. The average Bonchev–Trinajstić information content (AvgIpc) is 2.40. The molecule has 1 aliphatic rings. The number of rotatable bonds is 1. The molecule has 2 aromatic carbocycles. The number of aromatic hydroxyl groups is 1. The smallest absolute Gasteiger partial charge is 0.138 e. The zero-order valence-electron chi connectivity index (χ0n) is 9.86. The van der Waals surface area contributed by atoms with Crippen molar-refractivity contribution in [2.75, 3.05) is 11.9 Å². The number of hydrogen-bond acceptors (Lipinski definition) is 2. The molecule has 18 heavy (non-hydrogen) atoms. The summed E-state index contributed by atoms with van der Waals surface area (Å²) in [4.78, 5) is 0. The van der Waals surface area contributed by atoms with Crippen LogP contribution in [0, 0.1) is 5.82 Å². The fraction of sp³-hybridized carbons (Fsp3) is 0.200. The molecule has 0 radical (unpaired) electrons. The summed E-state index contributed by atoms with van der Waals surface area (Å²) in [5, 5.41) is 13.0. The van der Waals surface area contributed by atoms with E-state index in [1.54, 1.807) is 18.2 Å². The highest BCUT2D eigenvalue weighted by atomic mass is 19.1. The molecule has 0 bridgehead atoms. The molecule has 1 aliphatic heterocycles. The molecule has 92 valence electrons. The minimum Gasteiger partial charge on any atom is -0.506 e. The maximum absolute atomic E-state index is 13.9. The lowest BCUT2D eigenvalue weighted by molar-refractivity contribution is 0.474. The molecule has 1 unspecified atom stereocenters. The Hall–Kier alpha value is -2.03. The highest BCUT2D eigenvalue weighted by Gasteiger charge is 2.25. The molecule has 3 rings (SSSR count). The van der Waals surface area contributed by atoms with E-state index in [1.165, 1.54) is 6.07 Å². The maximum Gasteiger partial charge on any atom is 0.138 e. The lowest BCUT2D eigenvalue weighted by Gasteiger charge is -2.27. The number of nitrogens with one attached hydrogen (secondary N) is 1. The molecule has 0 spiro atoms. The third kappa shape index (κ3) is 1.72. The molecule has 0 aromatic heterocycles. The second-order valence-corrected chi connectivity index (χ2v) is 4.53. The third-order valence-corrected chi connectivity index (χ3v) is 3.47. The SMILES string of the molecule is Oc1cccc2c1NCCC2c1ccccc1F. The van der Waals surface area contributed by atoms with Crippen molar-refractivity contribution in [3.8, 4) is 5.75 Å². The summed E-state index contributed by atoms with van der Waals surface area (Å²) in [7, 11) is 0. The van der Waals surface area contributed by atoms with Gasteiger partial charge in [0.05, 0.1) is 5.69 Å². The fourth-order valence-electron chi connectivity index (χ4n) is 2.62. The molecule has 0 saturated carbocycles. The number of phenolic OH excluding ortho intramolecular Hbond substituents is 1. The summed E-state index contributed by atoms with van der Waals surface area (Å²) < 4.78 is 13.9. The van der Waals surface area contributed by atoms with Crippen LogP contribution in [0.5, 0.6) is 5.75 Å². The summed E-state index contributed by atoms with van der Waals surface area (Å²) in [5.74, 6) is 0.0572. The van der Waals surface area contributed by atoms with Crippen molar-refractivity contribution in [1.29, 1.82) is 0 Å². The fourth-order valence-corrected chi connectivity index (χ4v) is 2.62. The van der Waals surface area contributed by atoms with Crippen LogP contribution >= 0.6 is 0 Å². The van der Waals surface area contributed by atoms with Crippen LogP contribution in [0.1, 0.15) is 23.5 Å². The molecule has 0 amide bonds. The number of anilines is 1. The molecular weight excluding hydrogens is 229 g/mol. The van der Waals surface area contributed by atoms with Gasteiger partial charge in [0.2, 0.25) is 0 Å². The van der Waals surface area contributed by atoms with Crippen LogP contribution in [0.15, 0.2) is 42.5 Å². The van der Waals surface area contributed by atoms with Gasteiger partial charge in [-0.2, -0.15) is 0 Å². The first kappa shape index (κ1) is 11.1. The topological polar surface area (TPSA) is 32.3 Å². The molecule has 1 heterocycles. The normalized spacial score (nSPS) is 17.9. The summed E-state index contributed by atoms with van der Waals surface area (Å²) in [6.45, 7) is 0.740. The van der Waals surface area contributed by atoms with Gasteiger partial charge >= 0.3 is 0 Å². The largest absolute Gasteiger partial charge is 0.506 e. The summed E-state index contributed by atoms with van der Waals surface area (Å²) in [5.41, 5.74) is 2.40. The number of fused-ring (bicyclic) bond motifs is 1. The quantitative estimate of drug-likeness (QED) is 0.751. The van der Waals surface area contributed by atoms with Crippen molar-refractivity contribution in [3.05, 3.63) is 59.4 Å². The highest BCUT2D eigenvalue weighted by molar-refractivity contribution is 5.65. The monoisotopic (exact) mass is 243 g/mol. The van der Waals surface area contributed by atoms with Gasteiger partial charge in [-0.25, -0.2) is 4.39 Å². The van der Waals surface area contributed by atoms with Crippen molar-refractivity contribution in [3.63, 3.8) is 0 Å². The Morgan fingerprint density at radius 1 is 1.06 bits per heavy atom. The van der Waals surface area contributed by atoms with E-state index in [1.807, 2.05) is 18.2 Å². The van der Waals surface area contributed by atoms with Gasteiger partial charge in [-0.1, -0.05) is 30.3 Å². The van der Waals surface area contributed by atoms with Crippen LogP contribution in [-0.2, 0) is 0 Å². The van der Waals surface area contributed by atoms with Gasteiger partial charge in [0.25, 0.3) is 0 Å². The van der Waals surface area contributed by atoms with E-state index in [4.69, 9.17) is 0 Å². The van der Waals surface area contributed by atoms with E-state index in [9.17, 15) is 9.50 Å². The number of benzene rings is 2. The van der Waals surface area contributed by atoms with E-state index in [2.05, 4.69) is 5.32 Å². The predicted octanol–water partition coefficient (Wildman–Crippen LogP) is 3.48. The first-order valence-electron chi connectivity index (χ1n) is 6.07. The third-order valence-electron chi connectivity index (χ3n) is 3.47. The van der Waals surface area contributed by atoms with Crippen LogP contribution in [0.25, 0.3) is 0 Å². The summed E-state index contributed by atoms with van der Waals surface area (Å²) in [6.07, 6.45) is 0.831. The van der Waals surface area contributed by atoms with E-state index < -0.39 is 0 Å². The second kappa shape index (κ2) is 4.33. The van der Waals surface area contributed by atoms with E-state index in [0.29, 0.717) is 5.56 Å². The van der Waals surface area contributed by atoms with Gasteiger partial charge in [0.1, 0.15) is 11.6 Å². The standard InChI is InChI=1S/C15H14FNO/c16-13-6-2-1-4-11(13)10-8-9-17-15-12(10)5-3-7-14(15)18/h1-7,10,17-18H,8-9H2. The second-order valence-electron chi connectivity index (χ2n) is 4.53. The molecule has 0 fully saturated rings. The Labute approximate surface area is 105 Å². The number of phenols is 1. The van der Waals surface area contributed by atoms with Gasteiger partial charge < -0.3 is 10.4 Å². The van der Waals surface area contributed by atoms with Crippen LogP contribution < -0.4 is 5.32 Å². The van der Waals surface area contributed by atoms with Gasteiger partial charge in [-0.05, 0) is 29.7 Å². The zero-order valence-corrected chi connectivity index (χ0v) is 9.86. The lowest BCUT2D eigenvalue weighted by Crippen LogP contribution is -2.18. The minimum atomic E-state index is -0.182. The minimum absolute atomic E-state index is 0.00884. The van der Waals surface area contributed by atoms with Crippen molar-refractivity contribution < 1.29 is 9.50 Å². The molecule has 2 N–H and O–H groups in total. The molecular formula is C15H14FNO. The van der Waals surface area contributed by atoms with Crippen molar-refractivity contribution in [1.82, 2.24) is 0 Å². The van der Waals surface area contributed by atoms with Crippen molar-refractivity contribution in [2.24, 2.45) is 0 Å². The Morgan fingerprint density at radius 3 is 2.67 bits per heavy atom. The lowest BCUT2D eigenvalue weighted by atomic mass is 9.84. The van der Waals surface area contributed by atoms with Gasteiger partial charge in [0, 0.05) is 12.5 Å². The Bertz CT molecular complexity index is 582. The van der Waals surface area contributed by atoms with Crippen molar-refractivity contribution in [2.45, 2.75) is 12.3 Å². The molecule has 2 aromatic rings. The van der Waals surface area contributed by atoms with Crippen LogP contribution in [-0.4, -0.2) is 11.7 Å². The Balaban J connectivity index is 2.12. The molecule has 0 saturated heterocycles. The van der Waals surface area contributed by atoms with Crippen LogP contribution in [0.3, 0.4) is 0 Å². The van der Waals surface area contributed by atoms with Gasteiger partial charge in [0.15, 0.2) is 0 Å². The summed E-state index contributed by atoms with van der Waals surface area (Å²) >= 11 is 0. The molecule has 1 atom stereocenters. The first-order chi connectivity index (χ1) is 8.77. The number of hydrogen-bond donors (Lipinski definition) is 2. The zero-order chi connectivity index (χ0) is 12.5. The molecule has 3 heteroatoms. The summed E-state index contributed by atoms with van der Waals surface area (Å²) in [6, 6.07) is 12.2.